The van der Waals surface area contributed by atoms with E-state index in [0.29, 0.717) is 6.54 Å². The SMILES string of the molecule is CC(C)N(Cc1cccs1)C(=O)NC(C)(C)C. The summed E-state index contributed by atoms with van der Waals surface area (Å²) in [6.45, 7) is 10.7. The van der Waals surface area contributed by atoms with Crippen LogP contribution in [0.4, 0.5) is 4.79 Å². The number of rotatable bonds is 3. The Kier molecular flexibility index (Phi) is 4.57. The van der Waals surface area contributed by atoms with E-state index in [1.54, 1.807) is 11.3 Å². The van der Waals surface area contributed by atoms with Gasteiger partial charge in [-0.25, -0.2) is 4.79 Å². The molecule has 0 atom stereocenters. The first-order valence-corrected chi connectivity index (χ1v) is 6.79. The Morgan fingerprint density at radius 3 is 2.53 bits per heavy atom. The zero-order valence-electron chi connectivity index (χ0n) is 11.3. The van der Waals surface area contributed by atoms with Gasteiger partial charge >= 0.3 is 6.03 Å². The normalized spacial score (nSPS) is 11.6. The summed E-state index contributed by atoms with van der Waals surface area (Å²) in [6.07, 6.45) is 0. The summed E-state index contributed by atoms with van der Waals surface area (Å²) in [7, 11) is 0. The standard InChI is InChI=1S/C13H22N2OS/c1-10(2)15(9-11-7-6-8-17-11)12(16)14-13(3,4)5/h6-8,10H,9H2,1-5H3,(H,14,16). The second kappa shape index (κ2) is 5.54. The number of hydrogen-bond acceptors (Lipinski definition) is 2. The number of nitrogens with one attached hydrogen (secondary N) is 1. The van der Waals surface area contributed by atoms with E-state index in [1.165, 1.54) is 4.88 Å². The molecule has 1 rings (SSSR count). The van der Waals surface area contributed by atoms with Gasteiger partial charge in [0.05, 0.1) is 6.54 Å². The lowest BCUT2D eigenvalue weighted by Crippen LogP contribution is -2.50. The van der Waals surface area contributed by atoms with Crippen LogP contribution in [0.5, 0.6) is 0 Å². The van der Waals surface area contributed by atoms with Crippen LogP contribution >= 0.6 is 11.3 Å². The third-order valence-electron chi connectivity index (χ3n) is 2.27. The molecule has 0 aromatic carbocycles. The van der Waals surface area contributed by atoms with E-state index in [0.717, 1.165) is 0 Å². The maximum absolute atomic E-state index is 12.1. The highest BCUT2D eigenvalue weighted by Gasteiger charge is 2.22. The predicted octanol–water partition coefficient (Wildman–Crippen LogP) is 3.47. The van der Waals surface area contributed by atoms with Gasteiger partial charge in [-0.3, -0.25) is 0 Å². The lowest BCUT2D eigenvalue weighted by atomic mass is 10.1. The van der Waals surface area contributed by atoms with E-state index < -0.39 is 0 Å². The minimum Gasteiger partial charge on any atom is -0.333 e. The molecular weight excluding hydrogens is 232 g/mol. The largest absolute Gasteiger partial charge is 0.333 e. The van der Waals surface area contributed by atoms with E-state index in [2.05, 4.69) is 11.4 Å². The van der Waals surface area contributed by atoms with Gasteiger partial charge in [-0.2, -0.15) is 0 Å². The first kappa shape index (κ1) is 14.0. The van der Waals surface area contributed by atoms with Crippen LogP contribution in [-0.2, 0) is 6.54 Å². The van der Waals surface area contributed by atoms with Crippen LogP contribution in [0.3, 0.4) is 0 Å². The quantitative estimate of drug-likeness (QED) is 0.880. The highest BCUT2D eigenvalue weighted by atomic mass is 32.1. The summed E-state index contributed by atoms with van der Waals surface area (Å²) < 4.78 is 0. The second-order valence-electron chi connectivity index (χ2n) is 5.48. The molecule has 0 saturated heterocycles. The highest BCUT2D eigenvalue weighted by Crippen LogP contribution is 2.14. The lowest BCUT2D eigenvalue weighted by Gasteiger charge is -2.30. The Labute approximate surface area is 108 Å². The number of hydrogen-bond donors (Lipinski definition) is 1. The average molecular weight is 254 g/mol. The van der Waals surface area contributed by atoms with Crippen LogP contribution in [0.2, 0.25) is 0 Å². The Morgan fingerprint density at radius 2 is 2.12 bits per heavy atom. The number of carbonyl (C=O) groups is 1. The fourth-order valence-electron chi connectivity index (χ4n) is 1.45. The molecule has 0 aliphatic heterocycles. The summed E-state index contributed by atoms with van der Waals surface area (Å²) in [5.74, 6) is 0. The third-order valence-corrected chi connectivity index (χ3v) is 3.13. The first-order valence-electron chi connectivity index (χ1n) is 5.91. The molecule has 0 unspecified atom stereocenters. The van der Waals surface area contributed by atoms with Gasteiger partial charge < -0.3 is 10.2 Å². The molecular formula is C13H22N2OS. The van der Waals surface area contributed by atoms with Crippen molar-refractivity contribution in [2.24, 2.45) is 0 Å². The first-order chi connectivity index (χ1) is 7.79. The molecule has 3 nitrogen and oxygen atoms in total. The molecule has 1 aromatic rings. The van der Waals surface area contributed by atoms with Gasteiger partial charge in [-0.05, 0) is 46.1 Å². The van der Waals surface area contributed by atoms with Crippen LogP contribution in [0.1, 0.15) is 39.5 Å². The second-order valence-corrected chi connectivity index (χ2v) is 6.51. The van der Waals surface area contributed by atoms with Crippen molar-refractivity contribution in [1.29, 1.82) is 0 Å². The molecule has 0 bridgehead atoms. The third kappa shape index (κ3) is 4.77. The van der Waals surface area contributed by atoms with Crippen molar-refractivity contribution in [3.05, 3.63) is 22.4 Å². The predicted molar refractivity (Wildman–Crippen MR) is 73.3 cm³/mol. The molecule has 0 saturated carbocycles. The number of nitrogens with zero attached hydrogens (tertiary/aromatic N) is 1. The molecule has 1 N–H and O–H groups in total. The van der Waals surface area contributed by atoms with Gasteiger partial charge in [0.25, 0.3) is 0 Å². The van der Waals surface area contributed by atoms with Crippen molar-refractivity contribution in [3.8, 4) is 0 Å². The van der Waals surface area contributed by atoms with E-state index in [9.17, 15) is 4.79 Å². The lowest BCUT2D eigenvalue weighted by molar-refractivity contribution is 0.171. The Balaban J connectivity index is 2.69. The van der Waals surface area contributed by atoms with Crippen LogP contribution < -0.4 is 5.32 Å². The molecule has 4 heteroatoms. The van der Waals surface area contributed by atoms with Crippen molar-refractivity contribution in [3.63, 3.8) is 0 Å². The molecule has 2 amide bonds. The molecule has 17 heavy (non-hydrogen) atoms. The van der Waals surface area contributed by atoms with Gasteiger partial charge in [-0.1, -0.05) is 6.07 Å². The minimum absolute atomic E-state index is 0.000833. The topological polar surface area (TPSA) is 32.3 Å². The number of thiophene rings is 1. The number of urea groups is 1. The average Bonchev–Trinajstić information content (AvgIpc) is 2.62. The zero-order valence-corrected chi connectivity index (χ0v) is 12.1. The van der Waals surface area contributed by atoms with E-state index in [1.807, 2.05) is 51.0 Å². The van der Waals surface area contributed by atoms with Crippen molar-refractivity contribution < 1.29 is 4.79 Å². The Morgan fingerprint density at radius 1 is 1.47 bits per heavy atom. The summed E-state index contributed by atoms with van der Waals surface area (Å²) in [5.41, 5.74) is -0.195. The van der Waals surface area contributed by atoms with Crippen molar-refractivity contribution in [2.45, 2.75) is 52.7 Å². The summed E-state index contributed by atoms with van der Waals surface area (Å²) in [6, 6.07) is 4.27. The maximum atomic E-state index is 12.1. The molecule has 0 aliphatic carbocycles. The number of carbonyl (C=O) groups excluding carboxylic acids is 1. The fourth-order valence-corrected chi connectivity index (χ4v) is 2.15. The van der Waals surface area contributed by atoms with E-state index in [-0.39, 0.29) is 17.6 Å². The molecule has 0 radical (unpaired) electrons. The van der Waals surface area contributed by atoms with E-state index >= 15 is 0 Å². The van der Waals surface area contributed by atoms with Gasteiger partial charge in [0.2, 0.25) is 0 Å². The molecule has 1 heterocycles. The Hall–Kier alpha value is -1.03. The van der Waals surface area contributed by atoms with Crippen molar-refractivity contribution >= 4 is 17.4 Å². The van der Waals surface area contributed by atoms with E-state index in [4.69, 9.17) is 0 Å². The van der Waals surface area contributed by atoms with Gasteiger partial charge in [0.1, 0.15) is 0 Å². The van der Waals surface area contributed by atoms with Crippen LogP contribution in [0.15, 0.2) is 17.5 Å². The fraction of sp³-hybridized carbons (Fsp3) is 0.615. The summed E-state index contributed by atoms with van der Waals surface area (Å²) in [4.78, 5) is 15.2. The molecule has 0 spiro atoms. The van der Waals surface area contributed by atoms with Crippen LogP contribution in [-0.4, -0.2) is 22.5 Å². The minimum atomic E-state index is -0.195. The summed E-state index contributed by atoms with van der Waals surface area (Å²) in [5, 5.41) is 5.04. The molecule has 0 fully saturated rings. The van der Waals surface area contributed by atoms with Gasteiger partial charge in [0.15, 0.2) is 0 Å². The monoisotopic (exact) mass is 254 g/mol. The maximum Gasteiger partial charge on any atom is 0.318 e. The van der Waals surface area contributed by atoms with Crippen LogP contribution in [0.25, 0.3) is 0 Å². The van der Waals surface area contributed by atoms with Gasteiger partial charge in [-0.15, -0.1) is 11.3 Å². The van der Waals surface area contributed by atoms with Crippen molar-refractivity contribution in [1.82, 2.24) is 10.2 Å². The van der Waals surface area contributed by atoms with Crippen LogP contribution in [0, 0.1) is 0 Å². The molecule has 1 aromatic heterocycles. The summed E-state index contributed by atoms with van der Waals surface area (Å²) >= 11 is 1.68. The molecule has 96 valence electrons. The number of amides is 2. The van der Waals surface area contributed by atoms with Crippen molar-refractivity contribution in [2.75, 3.05) is 0 Å². The molecule has 0 aliphatic rings. The zero-order chi connectivity index (χ0) is 13.1. The Bertz CT molecular complexity index is 352. The van der Waals surface area contributed by atoms with Gasteiger partial charge in [0, 0.05) is 16.5 Å². The highest BCUT2D eigenvalue weighted by molar-refractivity contribution is 7.09. The smallest absolute Gasteiger partial charge is 0.318 e.